The number of para-hydroxylation sites is 3. The van der Waals surface area contributed by atoms with E-state index in [-0.39, 0.29) is 5.56 Å². The fourth-order valence-corrected chi connectivity index (χ4v) is 5.13. The second-order valence-electron chi connectivity index (χ2n) is 7.77. The molecular formula is C26H17Cl2N3O. The average Bonchev–Trinajstić information content (AvgIpc) is 3.34. The summed E-state index contributed by atoms with van der Waals surface area (Å²) in [4.78, 5) is 18.7. The standard InChI is InChI=1S/C26H17Cl2N3O/c1-2-30-21-9-5-3-7-17(21)23-24(30)18(13-15-11-12-16(27)14-19(15)28)25-29-20-8-4-6-10-22(20)31(25)26(23)32/h3-14H,2H2,1H3/b18-13-. The monoisotopic (exact) mass is 457 g/mol. The maximum atomic E-state index is 13.9. The van der Waals surface area contributed by atoms with Crippen molar-refractivity contribution in [2.75, 3.05) is 0 Å². The van der Waals surface area contributed by atoms with Crippen molar-refractivity contribution in [1.82, 2.24) is 14.0 Å². The Morgan fingerprint density at radius 2 is 1.72 bits per heavy atom. The third-order valence-corrected chi connectivity index (χ3v) is 6.59. The van der Waals surface area contributed by atoms with Crippen LogP contribution in [0.4, 0.5) is 0 Å². The molecule has 0 atom stereocenters. The van der Waals surface area contributed by atoms with Gasteiger partial charge in [-0.2, -0.15) is 0 Å². The molecule has 32 heavy (non-hydrogen) atoms. The molecule has 6 aromatic rings. The Hall–Kier alpha value is -3.34. The summed E-state index contributed by atoms with van der Waals surface area (Å²) in [7, 11) is 0. The molecule has 6 heteroatoms. The van der Waals surface area contributed by atoms with Gasteiger partial charge in [0.05, 0.1) is 21.9 Å². The fourth-order valence-electron chi connectivity index (χ4n) is 4.67. The van der Waals surface area contributed by atoms with Crippen molar-refractivity contribution in [3.8, 4) is 0 Å². The molecule has 0 N–H and O–H groups in total. The molecule has 0 unspecified atom stereocenters. The van der Waals surface area contributed by atoms with Gasteiger partial charge in [-0.3, -0.25) is 9.20 Å². The number of nitrogens with zero attached hydrogens (tertiary/aromatic N) is 3. The van der Waals surface area contributed by atoms with Crippen LogP contribution in [0.25, 0.3) is 44.6 Å². The molecule has 0 aliphatic heterocycles. The molecule has 0 aliphatic rings. The van der Waals surface area contributed by atoms with Crippen molar-refractivity contribution in [1.29, 1.82) is 0 Å². The molecule has 0 bridgehead atoms. The molecule has 3 aromatic heterocycles. The van der Waals surface area contributed by atoms with Gasteiger partial charge in [-0.1, -0.05) is 59.6 Å². The van der Waals surface area contributed by atoms with E-state index in [4.69, 9.17) is 28.2 Å². The van der Waals surface area contributed by atoms with Crippen molar-refractivity contribution in [3.63, 3.8) is 0 Å². The average molecular weight is 458 g/mol. The number of aromatic nitrogens is 3. The predicted molar refractivity (Wildman–Crippen MR) is 133 cm³/mol. The minimum atomic E-state index is -0.0635. The second-order valence-corrected chi connectivity index (χ2v) is 8.62. The van der Waals surface area contributed by atoms with Gasteiger partial charge < -0.3 is 4.57 Å². The van der Waals surface area contributed by atoms with Gasteiger partial charge in [0.2, 0.25) is 0 Å². The quantitative estimate of drug-likeness (QED) is 0.328. The number of halogens is 2. The van der Waals surface area contributed by atoms with Gasteiger partial charge in [0.25, 0.3) is 5.56 Å². The predicted octanol–water partition coefficient (Wildman–Crippen LogP) is 5.83. The second kappa shape index (κ2) is 7.09. The molecule has 0 fully saturated rings. The van der Waals surface area contributed by atoms with E-state index in [0.717, 1.165) is 44.8 Å². The number of pyridine rings is 1. The third kappa shape index (κ3) is 2.63. The van der Waals surface area contributed by atoms with Crippen molar-refractivity contribution < 1.29 is 0 Å². The molecular weight excluding hydrogens is 441 g/mol. The summed E-state index contributed by atoms with van der Waals surface area (Å²) in [5, 5.41) is 3.61. The Kier molecular flexibility index (Phi) is 4.29. The van der Waals surface area contributed by atoms with Gasteiger partial charge in [-0.05, 0) is 48.9 Å². The van der Waals surface area contributed by atoms with E-state index < -0.39 is 0 Å². The molecule has 0 amide bonds. The van der Waals surface area contributed by atoms with Crippen molar-refractivity contribution >= 4 is 67.8 Å². The Morgan fingerprint density at radius 3 is 2.50 bits per heavy atom. The van der Waals surface area contributed by atoms with Crippen LogP contribution in [0.1, 0.15) is 12.5 Å². The highest BCUT2D eigenvalue weighted by Gasteiger charge is 2.20. The maximum absolute atomic E-state index is 13.9. The Bertz CT molecular complexity index is 1810. The largest absolute Gasteiger partial charge is 0.340 e. The topological polar surface area (TPSA) is 39.3 Å². The van der Waals surface area contributed by atoms with Crippen LogP contribution < -0.4 is 10.8 Å². The van der Waals surface area contributed by atoms with Crippen LogP contribution in [-0.2, 0) is 6.54 Å². The minimum Gasteiger partial charge on any atom is -0.340 e. The van der Waals surface area contributed by atoms with Crippen LogP contribution in [0.5, 0.6) is 0 Å². The summed E-state index contributed by atoms with van der Waals surface area (Å²) < 4.78 is 3.90. The molecule has 0 saturated heterocycles. The maximum Gasteiger partial charge on any atom is 0.266 e. The first-order valence-electron chi connectivity index (χ1n) is 10.4. The number of imidazole rings is 1. The number of rotatable bonds is 2. The third-order valence-electron chi connectivity index (χ3n) is 6.02. The zero-order valence-electron chi connectivity index (χ0n) is 17.1. The van der Waals surface area contributed by atoms with Crippen LogP contribution >= 0.6 is 23.2 Å². The Labute approximate surface area is 192 Å². The number of hydrogen-bond donors (Lipinski definition) is 0. The Morgan fingerprint density at radius 1 is 0.969 bits per heavy atom. The fraction of sp³-hybridized carbons (Fsp3) is 0.0769. The van der Waals surface area contributed by atoms with Gasteiger partial charge in [-0.15, -0.1) is 0 Å². The first-order chi connectivity index (χ1) is 15.6. The number of benzene rings is 3. The van der Waals surface area contributed by atoms with E-state index in [9.17, 15) is 4.79 Å². The summed E-state index contributed by atoms with van der Waals surface area (Å²) in [6, 6.07) is 21.2. The van der Waals surface area contributed by atoms with E-state index in [0.29, 0.717) is 21.1 Å². The van der Waals surface area contributed by atoms with E-state index >= 15 is 0 Å². The molecule has 6 rings (SSSR count). The van der Waals surface area contributed by atoms with Gasteiger partial charge in [-0.25, -0.2) is 4.98 Å². The van der Waals surface area contributed by atoms with Crippen LogP contribution in [-0.4, -0.2) is 14.0 Å². The highest BCUT2D eigenvalue weighted by molar-refractivity contribution is 6.35. The molecule has 0 aliphatic carbocycles. The van der Waals surface area contributed by atoms with E-state index in [2.05, 4.69) is 17.6 Å². The highest BCUT2D eigenvalue weighted by Crippen LogP contribution is 2.27. The lowest BCUT2D eigenvalue weighted by Gasteiger charge is -2.06. The summed E-state index contributed by atoms with van der Waals surface area (Å²) >= 11 is 12.7. The van der Waals surface area contributed by atoms with Crippen molar-refractivity contribution in [2.45, 2.75) is 13.5 Å². The lowest BCUT2D eigenvalue weighted by molar-refractivity contribution is 0.824. The molecule has 0 radical (unpaired) electrons. The molecule has 3 aromatic carbocycles. The van der Waals surface area contributed by atoms with E-state index in [1.807, 2.05) is 60.7 Å². The summed E-state index contributed by atoms with van der Waals surface area (Å²) in [5.74, 6) is 0. The minimum absolute atomic E-state index is 0.0635. The molecule has 0 saturated carbocycles. The van der Waals surface area contributed by atoms with E-state index in [1.165, 1.54) is 0 Å². The lowest BCUT2D eigenvalue weighted by atomic mass is 10.1. The number of aryl methyl sites for hydroxylation is 1. The van der Waals surface area contributed by atoms with Gasteiger partial charge in [0.1, 0.15) is 5.65 Å². The molecule has 4 nitrogen and oxygen atoms in total. The highest BCUT2D eigenvalue weighted by atomic mass is 35.5. The van der Waals surface area contributed by atoms with Crippen LogP contribution in [0.2, 0.25) is 10.0 Å². The van der Waals surface area contributed by atoms with Crippen molar-refractivity contribution in [3.05, 3.63) is 97.9 Å². The molecule has 3 heterocycles. The number of hydrogen-bond acceptors (Lipinski definition) is 2. The normalized spacial score (nSPS) is 12.7. The molecule has 0 spiro atoms. The summed E-state index contributed by atoms with van der Waals surface area (Å²) in [6.07, 6.45) is 2.01. The Balaban J connectivity index is 1.96. The first-order valence-corrected chi connectivity index (χ1v) is 11.1. The lowest BCUT2D eigenvalue weighted by Crippen LogP contribution is -2.22. The zero-order chi connectivity index (χ0) is 22.0. The van der Waals surface area contributed by atoms with E-state index in [1.54, 1.807) is 10.5 Å². The van der Waals surface area contributed by atoms with Crippen LogP contribution in [0, 0.1) is 0 Å². The first kappa shape index (κ1) is 19.4. The summed E-state index contributed by atoms with van der Waals surface area (Å²) in [6.45, 7) is 2.80. The van der Waals surface area contributed by atoms with Gasteiger partial charge >= 0.3 is 0 Å². The zero-order valence-corrected chi connectivity index (χ0v) is 18.7. The van der Waals surface area contributed by atoms with Crippen LogP contribution in [0.3, 0.4) is 0 Å². The number of fused-ring (bicyclic) bond motifs is 6. The van der Waals surface area contributed by atoms with Gasteiger partial charge in [0, 0.05) is 32.7 Å². The summed E-state index contributed by atoms with van der Waals surface area (Å²) in [5.41, 5.74) is 4.83. The van der Waals surface area contributed by atoms with Crippen molar-refractivity contribution in [2.24, 2.45) is 0 Å². The smallest absolute Gasteiger partial charge is 0.266 e. The molecule has 156 valence electrons. The SMILES string of the molecule is CCn1c2ccccc2c2c(=O)n3c(nc4ccccc43)/c(=C\c3ccc(Cl)cc3Cl)c21. The van der Waals surface area contributed by atoms with Gasteiger partial charge in [0.15, 0.2) is 0 Å². The van der Waals surface area contributed by atoms with Crippen LogP contribution in [0.15, 0.2) is 71.5 Å².